The molecule has 0 bridgehead atoms. The van der Waals surface area contributed by atoms with E-state index in [4.69, 9.17) is 0 Å². The van der Waals surface area contributed by atoms with E-state index >= 15 is 0 Å². The first-order valence-corrected chi connectivity index (χ1v) is 16.9. The van der Waals surface area contributed by atoms with Gasteiger partial charge >= 0.3 is 6.03 Å². The first-order chi connectivity index (χ1) is 23.2. The molecule has 0 radical (unpaired) electrons. The molecule has 0 spiro atoms. The highest BCUT2D eigenvalue weighted by Gasteiger charge is 2.42. The summed E-state index contributed by atoms with van der Waals surface area (Å²) in [5.74, 6) is -0.00117. The summed E-state index contributed by atoms with van der Waals surface area (Å²) >= 11 is 0. The number of carbonyl (C=O) groups excluding carboxylic acids is 4. The lowest BCUT2D eigenvalue weighted by Crippen LogP contribution is -2.53. The molecule has 0 saturated carbocycles. The molecule has 5 amide bonds. The van der Waals surface area contributed by atoms with Crippen LogP contribution in [0.2, 0.25) is 0 Å². The Labute approximate surface area is 282 Å². The van der Waals surface area contributed by atoms with E-state index in [2.05, 4.69) is 20.9 Å². The molecule has 3 N–H and O–H groups in total. The minimum atomic E-state index is -0.707. The van der Waals surface area contributed by atoms with E-state index in [0.717, 1.165) is 53.7 Å². The van der Waals surface area contributed by atoms with E-state index in [-0.39, 0.29) is 43.3 Å². The number of likely N-dealkylation sites (tertiary alicyclic amines) is 2. The molecule has 2 aromatic carbocycles. The molecular weight excluding hydrogens is 606 g/mol. The van der Waals surface area contributed by atoms with E-state index < -0.39 is 5.41 Å². The Kier molecular flexibility index (Phi) is 10.0. The molecule has 11 nitrogen and oxygen atoms in total. The minimum absolute atomic E-state index is 0.0639. The molecule has 4 heterocycles. The van der Waals surface area contributed by atoms with Crippen molar-refractivity contribution in [2.75, 3.05) is 50.4 Å². The molecule has 0 aliphatic carbocycles. The van der Waals surface area contributed by atoms with Crippen molar-refractivity contribution in [1.82, 2.24) is 25.0 Å². The van der Waals surface area contributed by atoms with Crippen molar-refractivity contribution in [3.8, 4) is 0 Å². The lowest BCUT2D eigenvalue weighted by Gasteiger charge is -2.42. The summed E-state index contributed by atoms with van der Waals surface area (Å²) in [5, 5.41) is 9.08. The fourth-order valence-corrected chi connectivity index (χ4v) is 7.04. The maximum absolute atomic E-state index is 14.4. The third kappa shape index (κ3) is 7.52. The van der Waals surface area contributed by atoms with Crippen LogP contribution in [-0.4, -0.2) is 83.2 Å². The molecule has 2 saturated heterocycles. The Morgan fingerprint density at radius 3 is 2.38 bits per heavy atom. The lowest BCUT2D eigenvalue weighted by molar-refractivity contribution is -0.146. The zero-order valence-electron chi connectivity index (χ0n) is 27.9. The second kappa shape index (κ2) is 14.6. The number of nitrogens with zero attached hydrogens (tertiary/aromatic N) is 4. The van der Waals surface area contributed by atoms with Gasteiger partial charge in [0, 0.05) is 63.0 Å². The summed E-state index contributed by atoms with van der Waals surface area (Å²) in [4.78, 5) is 63.6. The number of anilines is 2. The number of nitrogens with one attached hydrogen (secondary N) is 3. The van der Waals surface area contributed by atoms with Gasteiger partial charge in [0.05, 0.1) is 6.42 Å². The van der Waals surface area contributed by atoms with E-state index in [9.17, 15) is 19.2 Å². The maximum atomic E-state index is 14.4. The predicted octanol–water partition coefficient (Wildman–Crippen LogP) is 4.17. The number of urea groups is 1. The molecule has 3 aromatic rings. The Balaban J connectivity index is 1.18. The largest absolute Gasteiger partial charge is 0.329 e. The number of amides is 5. The molecule has 3 aliphatic rings. The van der Waals surface area contributed by atoms with Crippen LogP contribution in [0.4, 0.5) is 16.3 Å². The number of benzene rings is 2. The van der Waals surface area contributed by atoms with Crippen LogP contribution in [0.1, 0.15) is 60.4 Å². The van der Waals surface area contributed by atoms with Gasteiger partial charge in [-0.25, -0.2) is 9.78 Å². The number of hydrogen-bond acceptors (Lipinski definition) is 6. The van der Waals surface area contributed by atoms with Crippen molar-refractivity contribution in [2.45, 2.75) is 58.5 Å². The monoisotopic (exact) mass is 651 g/mol. The van der Waals surface area contributed by atoms with Crippen molar-refractivity contribution >= 4 is 35.3 Å². The number of hydrogen-bond donors (Lipinski definition) is 3. The van der Waals surface area contributed by atoms with Gasteiger partial charge in [-0.2, -0.15) is 0 Å². The van der Waals surface area contributed by atoms with Crippen LogP contribution in [0.25, 0.3) is 0 Å². The van der Waals surface area contributed by atoms with Crippen LogP contribution in [0.15, 0.2) is 60.8 Å². The zero-order valence-corrected chi connectivity index (χ0v) is 27.9. The summed E-state index contributed by atoms with van der Waals surface area (Å²) in [6.45, 7) is 5.37. The molecule has 252 valence electrons. The lowest BCUT2D eigenvalue weighted by atomic mass is 9.79. The normalized spacial score (nSPS) is 17.0. The molecule has 6 rings (SSSR count). The zero-order chi connectivity index (χ0) is 33.7. The van der Waals surface area contributed by atoms with Gasteiger partial charge in [-0.1, -0.05) is 43.3 Å². The third-order valence-electron chi connectivity index (χ3n) is 9.87. The molecule has 3 aliphatic heterocycles. The van der Waals surface area contributed by atoms with Crippen LogP contribution in [0, 0.1) is 5.41 Å². The summed E-state index contributed by atoms with van der Waals surface area (Å²) < 4.78 is 0. The summed E-state index contributed by atoms with van der Waals surface area (Å²) in [7, 11) is 1.88. The second-order valence-electron chi connectivity index (χ2n) is 13.4. The van der Waals surface area contributed by atoms with Gasteiger partial charge in [0.1, 0.15) is 12.4 Å². The molecule has 11 heteroatoms. The summed E-state index contributed by atoms with van der Waals surface area (Å²) in [5.41, 5.74) is 4.65. The van der Waals surface area contributed by atoms with Crippen LogP contribution < -0.4 is 16.0 Å². The van der Waals surface area contributed by atoms with Gasteiger partial charge in [-0.3, -0.25) is 14.4 Å². The van der Waals surface area contributed by atoms with E-state index in [1.54, 1.807) is 11.1 Å². The van der Waals surface area contributed by atoms with Gasteiger partial charge < -0.3 is 30.7 Å². The summed E-state index contributed by atoms with van der Waals surface area (Å²) in [6, 6.07) is 17.4. The topological polar surface area (TPSA) is 127 Å². The number of fused-ring (bicyclic) bond motifs is 2. The fourth-order valence-electron chi connectivity index (χ4n) is 7.04. The molecule has 0 atom stereocenters. The Hall–Kier alpha value is -4.77. The van der Waals surface area contributed by atoms with Gasteiger partial charge in [-0.15, -0.1) is 0 Å². The highest BCUT2D eigenvalue weighted by molar-refractivity contribution is 5.96. The van der Waals surface area contributed by atoms with E-state index in [0.29, 0.717) is 50.4 Å². The number of carbonyl (C=O) groups is 4. The minimum Gasteiger partial charge on any atom is -0.329 e. The third-order valence-corrected chi connectivity index (χ3v) is 9.87. The number of pyridine rings is 1. The average molecular weight is 652 g/mol. The van der Waals surface area contributed by atoms with Crippen molar-refractivity contribution in [3.05, 3.63) is 88.6 Å². The molecular formula is C37H45N7O4. The first-order valence-electron chi connectivity index (χ1n) is 16.9. The predicted molar refractivity (Wildman–Crippen MR) is 184 cm³/mol. The Morgan fingerprint density at radius 2 is 1.62 bits per heavy atom. The smallest absolute Gasteiger partial charge is 0.319 e. The van der Waals surface area contributed by atoms with Gasteiger partial charge in [0.25, 0.3) is 0 Å². The van der Waals surface area contributed by atoms with Crippen molar-refractivity contribution in [1.29, 1.82) is 0 Å². The highest BCUT2D eigenvalue weighted by Crippen LogP contribution is 2.35. The Morgan fingerprint density at radius 1 is 0.896 bits per heavy atom. The number of rotatable bonds is 8. The Bertz CT molecular complexity index is 1680. The van der Waals surface area contributed by atoms with Crippen LogP contribution in [0.5, 0.6) is 0 Å². The second-order valence-corrected chi connectivity index (χ2v) is 13.4. The van der Waals surface area contributed by atoms with Gasteiger partial charge in [-0.05, 0) is 78.7 Å². The fraction of sp³-hybridized carbons (Fsp3) is 0.432. The SMILES string of the molecule is CNCc1ccccc1CN(CC(=O)Nc1ccc2c(c1)CC(=O)Nc1ncccc1C2)C(=O)C1(C)CCN(C(=O)N2CCCC2)CC1. The van der Waals surface area contributed by atoms with Crippen molar-refractivity contribution in [3.63, 3.8) is 0 Å². The van der Waals surface area contributed by atoms with Crippen LogP contribution in [0.3, 0.4) is 0 Å². The molecule has 1 aromatic heterocycles. The van der Waals surface area contributed by atoms with Crippen LogP contribution >= 0.6 is 0 Å². The quantitative estimate of drug-likeness (QED) is 0.336. The molecule has 2 fully saturated rings. The van der Waals surface area contributed by atoms with Crippen molar-refractivity contribution in [2.24, 2.45) is 5.41 Å². The average Bonchev–Trinajstić information content (AvgIpc) is 3.62. The number of piperidine rings is 1. The van der Waals surface area contributed by atoms with Crippen molar-refractivity contribution < 1.29 is 19.2 Å². The summed E-state index contributed by atoms with van der Waals surface area (Å²) in [6.07, 6.45) is 5.58. The van der Waals surface area contributed by atoms with Gasteiger partial charge in [0.2, 0.25) is 17.7 Å². The van der Waals surface area contributed by atoms with E-state index in [1.807, 2.05) is 78.4 Å². The standard InChI is InChI=1S/C37H45N7O4/c1-37(13-18-43(19-14-37)36(48)42-16-5-6-17-42)35(47)44(24-29-9-4-3-8-28(29)23-38-2)25-33(46)40-31-12-11-26-20-27-10-7-15-39-34(27)41-32(45)22-30(26)21-31/h3-4,7-12,15,21,38H,5-6,13-14,16-20,22-25H2,1-2H3,(H,40,46)(H,39,41,45). The number of aromatic nitrogens is 1. The van der Waals surface area contributed by atoms with Gasteiger partial charge in [0.15, 0.2) is 0 Å². The van der Waals surface area contributed by atoms with Crippen LogP contribution in [-0.2, 0) is 40.3 Å². The molecule has 48 heavy (non-hydrogen) atoms. The maximum Gasteiger partial charge on any atom is 0.319 e. The molecule has 0 unspecified atom stereocenters. The van der Waals surface area contributed by atoms with E-state index in [1.165, 1.54) is 0 Å². The highest BCUT2D eigenvalue weighted by atomic mass is 16.2. The first kappa shape index (κ1) is 33.1.